The fraction of sp³-hybridized carbons (Fsp3) is 0.0357. The quantitative estimate of drug-likeness (QED) is 0.162. The summed E-state index contributed by atoms with van der Waals surface area (Å²) in [5, 5.41) is 2.17. The molecule has 0 bridgehead atoms. The molecular weight excluding hydrogens is 703 g/mol. The first-order valence-corrected chi connectivity index (χ1v) is 20.0. The zero-order valence-electron chi connectivity index (χ0n) is 32.1. The number of nitrogens with zero attached hydrogens (tertiary/aromatic N) is 1. The molecular formula is C56H39NO. The zero-order valence-corrected chi connectivity index (χ0v) is 32.1. The van der Waals surface area contributed by atoms with Gasteiger partial charge in [0, 0.05) is 22.2 Å². The molecule has 10 aromatic rings. The molecule has 0 spiro atoms. The van der Waals surface area contributed by atoms with Gasteiger partial charge >= 0.3 is 0 Å². The lowest BCUT2D eigenvalue weighted by atomic mass is 9.74. The molecule has 1 aliphatic carbocycles. The number of benzene rings is 9. The summed E-state index contributed by atoms with van der Waals surface area (Å²) in [5.74, 6) is 0. The maximum Gasteiger partial charge on any atom is 0.137 e. The second-order valence-electron chi connectivity index (χ2n) is 15.4. The van der Waals surface area contributed by atoms with Crippen molar-refractivity contribution in [3.05, 3.63) is 235 Å². The maximum absolute atomic E-state index is 6.87. The van der Waals surface area contributed by atoms with Crippen LogP contribution in [0.1, 0.15) is 23.6 Å². The van der Waals surface area contributed by atoms with Crippen molar-refractivity contribution < 1.29 is 4.42 Å². The highest BCUT2D eigenvalue weighted by molar-refractivity contribution is 6.13. The highest BCUT2D eigenvalue weighted by Gasteiger charge is 2.40. The van der Waals surface area contributed by atoms with Crippen molar-refractivity contribution in [2.45, 2.75) is 12.3 Å². The summed E-state index contributed by atoms with van der Waals surface area (Å²) in [6.07, 6.45) is 0. The smallest absolute Gasteiger partial charge is 0.137 e. The molecule has 0 fully saturated rings. The molecule has 1 aliphatic rings. The van der Waals surface area contributed by atoms with Crippen LogP contribution >= 0.6 is 0 Å². The van der Waals surface area contributed by atoms with Gasteiger partial charge in [0.05, 0.1) is 11.1 Å². The standard InChI is InChI=1S/C56H39NO/c1-56(50-24-13-11-22-47(50)48-23-12-14-25-51(48)56)44-30-33-49-54(37-44)58-53-27-15-26-52(55(49)53)57(45-31-28-41(29-32-45)38-16-5-2-6-17-38)46-35-42(39-18-7-3-8-19-39)34-43(36-46)40-20-9-4-10-21-40/h2-37H,1H3. The lowest BCUT2D eigenvalue weighted by Gasteiger charge is -2.28. The van der Waals surface area contributed by atoms with Crippen LogP contribution in [0.2, 0.25) is 0 Å². The molecule has 11 rings (SSSR count). The van der Waals surface area contributed by atoms with E-state index in [1.165, 1.54) is 50.1 Å². The Bertz CT molecular complexity index is 3000. The Balaban J connectivity index is 1.13. The Kier molecular flexibility index (Phi) is 7.97. The first-order chi connectivity index (χ1) is 28.6. The topological polar surface area (TPSA) is 16.4 Å². The normalized spacial score (nSPS) is 12.7. The van der Waals surface area contributed by atoms with E-state index in [1.807, 2.05) is 0 Å². The summed E-state index contributed by atoms with van der Waals surface area (Å²) in [6.45, 7) is 2.36. The summed E-state index contributed by atoms with van der Waals surface area (Å²) in [4.78, 5) is 2.41. The third kappa shape index (κ3) is 5.49. The van der Waals surface area contributed by atoms with Crippen LogP contribution in [0.15, 0.2) is 223 Å². The molecule has 0 saturated heterocycles. The summed E-state index contributed by atoms with van der Waals surface area (Å²) >= 11 is 0. The van der Waals surface area contributed by atoms with Gasteiger partial charge in [-0.2, -0.15) is 0 Å². The molecule has 9 aromatic carbocycles. The SMILES string of the molecule is CC1(c2ccc3c(c2)oc2cccc(N(c4ccc(-c5ccccc5)cc4)c4cc(-c5ccccc5)cc(-c5ccccc5)c4)c23)c2ccccc2-c2ccccc21. The van der Waals surface area contributed by atoms with Crippen LogP contribution in [0.25, 0.3) is 66.4 Å². The molecule has 1 aromatic heterocycles. The summed E-state index contributed by atoms with van der Waals surface area (Å²) < 4.78 is 6.87. The number of furan rings is 1. The van der Waals surface area contributed by atoms with Gasteiger partial charge in [0.2, 0.25) is 0 Å². The van der Waals surface area contributed by atoms with E-state index >= 15 is 0 Å². The second kappa shape index (κ2) is 13.7. The van der Waals surface area contributed by atoms with Gasteiger partial charge < -0.3 is 9.32 Å². The summed E-state index contributed by atoms with van der Waals surface area (Å²) in [6, 6.07) is 78.8. The third-order valence-corrected chi connectivity index (χ3v) is 12.1. The Morgan fingerprint density at radius 1 is 0.379 bits per heavy atom. The van der Waals surface area contributed by atoms with E-state index in [2.05, 4.69) is 230 Å². The van der Waals surface area contributed by atoms with Gasteiger partial charge in [-0.15, -0.1) is 0 Å². The monoisotopic (exact) mass is 741 g/mol. The van der Waals surface area contributed by atoms with E-state index in [1.54, 1.807) is 0 Å². The number of anilines is 3. The highest BCUT2D eigenvalue weighted by Crippen LogP contribution is 2.53. The van der Waals surface area contributed by atoms with Crippen LogP contribution in [0.4, 0.5) is 17.1 Å². The molecule has 0 aliphatic heterocycles. The van der Waals surface area contributed by atoms with Gasteiger partial charge in [0.25, 0.3) is 0 Å². The molecule has 0 saturated carbocycles. The van der Waals surface area contributed by atoms with Crippen molar-refractivity contribution in [1.29, 1.82) is 0 Å². The largest absolute Gasteiger partial charge is 0.456 e. The van der Waals surface area contributed by atoms with Crippen molar-refractivity contribution in [2.24, 2.45) is 0 Å². The van der Waals surface area contributed by atoms with Crippen LogP contribution in [-0.4, -0.2) is 0 Å². The molecule has 0 N–H and O–H groups in total. The number of hydrogen-bond acceptors (Lipinski definition) is 2. The lowest BCUT2D eigenvalue weighted by Crippen LogP contribution is -2.22. The molecule has 0 radical (unpaired) electrons. The third-order valence-electron chi connectivity index (χ3n) is 12.1. The maximum atomic E-state index is 6.87. The van der Waals surface area contributed by atoms with E-state index in [-0.39, 0.29) is 5.41 Å². The Morgan fingerprint density at radius 3 is 1.48 bits per heavy atom. The molecule has 1 heterocycles. The predicted molar refractivity (Wildman–Crippen MR) is 242 cm³/mol. The van der Waals surface area contributed by atoms with Crippen LogP contribution in [0.5, 0.6) is 0 Å². The van der Waals surface area contributed by atoms with E-state index in [9.17, 15) is 0 Å². The van der Waals surface area contributed by atoms with E-state index in [4.69, 9.17) is 4.42 Å². The molecule has 2 nitrogen and oxygen atoms in total. The van der Waals surface area contributed by atoms with Crippen LogP contribution in [-0.2, 0) is 5.41 Å². The van der Waals surface area contributed by atoms with Crippen molar-refractivity contribution in [3.8, 4) is 44.5 Å². The molecule has 274 valence electrons. The number of fused-ring (bicyclic) bond motifs is 6. The Labute approximate surface area is 338 Å². The minimum absolute atomic E-state index is 0.318. The first kappa shape index (κ1) is 33.9. The number of rotatable bonds is 7. The molecule has 0 amide bonds. The van der Waals surface area contributed by atoms with E-state index < -0.39 is 0 Å². The highest BCUT2D eigenvalue weighted by atomic mass is 16.3. The van der Waals surface area contributed by atoms with Gasteiger partial charge in [-0.25, -0.2) is 0 Å². The fourth-order valence-electron chi connectivity index (χ4n) is 9.26. The minimum atomic E-state index is -0.318. The minimum Gasteiger partial charge on any atom is -0.456 e. The molecule has 0 unspecified atom stereocenters. The van der Waals surface area contributed by atoms with E-state index in [0.717, 1.165) is 50.1 Å². The van der Waals surface area contributed by atoms with Crippen molar-refractivity contribution in [2.75, 3.05) is 4.90 Å². The zero-order chi connectivity index (χ0) is 38.6. The molecule has 2 heteroatoms. The van der Waals surface area contributed by atoms with Gasteiger partial charge in [-0.1, -0.05) is 170 Å². The average molecular weight is 742 g/mol. The first-order valence-electron chi connectivity index (χ1n) is 20.0. The van der Waals surface area contributed by atoms with Gasteiger partial charge in [0.1, 0.15) is 11.2 Å². The van der Waals surface area contributed by atoms with Crippen LogP contribution in [0, 0.1) is 0 Å². The van der Waals surface area contributed by atoms with Crippen molar-refractivity contribution in [1.82, 2.24) is 0 Å². The van der Waals surface area contributed by atoms with Gasteiger partial charge in [0.15, 0.2) is 0 Å². The average Bonchev–Trinajstić information content (AvgIpc) is 3.81. The van der Waals surface area contributed by atoms with E-state index in [0.29, 0.717) is 0 Å². The lowest BCUT2D eigenvalue weighted by molar-refractivity contribution is 0.662. The Hall–Kier alpha value is -7.42. The second-order valence-corrected chi connectivity index (χ2v) is 15.4. The Morgan fingerprint density at radius 2 is 0.897 bits per heavy atom. The summed E-state index contributed by atoms with van der Waals surface area (Å²) in [5.41, 5.74) is 18.1. The fourth-order valence-corrected chi connectivity index (χ4v) is 9.26. The van der Waals surface area contributed by atoms with Crippen molar-refractivity contribution >= 4 is 39.0 Å². The van der Waals surface area contributed by atoms with Gasteiger partial charge in [-0.05, 0) is 117 Å². The van der Waals surface area contributed by atoms with Crippen molar-refractivity contribution in [3.63, 3.8) is 0 Å². The van der Waals surface area contributed by atoms with Gasteiger partial charge in [-0.3, -0.25) is 0 Å². The number of hydrogen-bond donors (Lipinski definition) is 0. The molecule has 0 atom stereocenters. The van der Waals surface area contributed by atoms with Crippen LogP contribution < -0.4 is 4.90 Å². The summed E-state index contributed by atoms with van der Waals surface area (Å²) in [7, 11) is 0. The predicted octanol–water partition coefficient (Wildman–Crippen LogP) is 15.4. The molecule has 58 heavy (non-hydrogen) atoms. The van der Waals surface area contributed by atoms with Crippen LogP contribution in [0.3, 0.4) is 0 Å².